The van der Waals surface area contributed by atoms with Crippen LogP contribution in [0.3, 0.4) is 0 Å². The second-order valence-electron chi connectivity index (χ2n) is 7.82. The summed E-state index contributed by atoms with van der Waals surface area (Å²) in [5.41, 5.74) is 1.08. The number of rotatable bonds is 7. The van der Waals surface area contributed by atoms with Crippen LogP contribution in [0.1, 0.15) is 53.0 Å². The molecular weight excluding hydrogens is 454 g/mol. The first kappa shape index (κ1) is 22.1. The molecule has 0 saturated heterocycles. The first-order valence-electron chi connectivity index (χ1n) is 11.1. The number of benzene rings is 2. The van der Waals surface area contributed by atoms with Crippen molar-refractivity contribution in [2.45, 2.75) is 32.7 Å². The van der Waals surface area contributed by atoms with E-state index in [2.05, 4.69) is 17.1 Å². The number of methoxy groups -OCH3 is 1. The molecule has 8 nitrogen and oxygen atoms in total. The van der Waals surface area contributed by atoms with Gasteiger partial charge in [-0.25, -0.2) is 0 Å². The molecule has 0 aliphatic carbocycles. The van der Waals surface area contributed by atoms with Gasteiger partial charge in [0.1, 0.15) is 10.6 Å². The molecule has 0 spiro atoms. The van der Waals surface area contributed by atoms with Crippen LogP contribution >= 0.6 is 11.3 Å². The number of hydrogen-bond acceptors (Lipinski definition) is 8. The normalized spacial score (nSPS) is 15.1. The van der Waals surface area contributed by atoms with Gasteiger partial charge in [-0.2, -0.15) is 0 Å². The largest absolute Gasteiger partial charge is 0.493 e. The molecule has 34 heavy (non-hydrogen) atoms. The van der Waals surface area contributed by atoms with E-state index in [1.807, 2.05) is 13.0 Å². The van der Waals surface area contributed by atoms with Gasteiger partial charge in [-0.15, -0.1) is 10.2 Å². The van der Waals surface area contributed by atoms with E-state index in [9.17, 15) is 9.59 Å². The number of aryl methyl sites for hydroxylation is 1. The molecule has 1 aliphatic heterocycles. The van der Waals surface area contributed by atoms with Crippen molar-refractivity contribution in [1.29, 1.82) is 0 Å². The van der Waals surface area contributed by atoms with Crippen LogP contribution in [-0.2, 0) is 6.42 Å². The van der Waals surface area contributed by atoms with E-state index in [-0.39, 0.29) is 16.8 Å². The molecule has 4 aromatic rings. The number of anilines is 1. The van der Waals surface area contributed by atoms with E-state index >= 15 is 0 Å². The third kappa shape index (κ3) is 3.52. The standard InChI is InChI=1S/C25H23N3O5S/c1-4-8-19-26-27-25(34-19)28-21(14-11-12-17(32-5-2)18(13-14)31-3)20-22(29)15-9-6-7-10-16(15)33-23(20)24(28)30/h6-7,9-13,21H,4-5,8H2,1-3H3. The van der Waals surface area contributed by atoms with E-state index < -0.39 is 11.9 Å². The fraction of sp³-hybridized carbons (Fsp3) is 0.280. The fourth-order valence-corrected chi connectivity index (χ4v) is 5.19. The number of carbonyl (C=O) groups excluding carboxylic acids is 1. The number of fused-ring (bicyclic) bond motifs is 2. The third-order valence-electron chi connectivity index (χ3n) is 5.71. The van der Waals surface area contributed by atoms with Crippen molar-refractivity contribution in [3.63, 3.8) is 0 Å². The van der Waals surface area contributed by atoms with E-state index in [1.54, 1.807) is 43.5 Å². The van der Waals surface area contributed by atoms with E-state index in [1.165, 1.54) is 16.2 Å². The van der Waals surface area contributed by atoms with E-state index in [0.717, 1.165) is 17.8 Å². The molecule has 5 rings (SSSR count). The summed E-state index contributed by atoms with van der Waals surface area (Å²) in [6.45, 7) is 4.43. The van der Waals surface area contributed by atoms with Gasteiger partial charge in [0.05, 0.1) is 30.7 Å². The quantitative estimate of drug-likeness (QED) is 0.379. The minimum atomic E-state index is -0.740. The molecule has 0 bridgehead atoms. The molecule has 1 atom stereocenters. The molecule has 3 heterocycles. The maximum absolute atomic E-state index is 13.6. The van der Waals surface area contributed by atoms with Gasteiger partial charge in [0.15, 0.2) is 16.9 Å². The number of ether oxygens (including phenoxy) is 2. The molecule has 1 unspecified atom stereocenters. The van der Waals surface area contributed by atoms with Crippen molar-refractivity contribution in [3.8, 4) is 11.5 Å². The van der Waals surface area contributed by atoms with Gasteiger partial charge in [-0.1, -0.05) is 36.5 Å². The number of aromatic nitrogens is 2. The van der Waals surface area contributed by atoms with Crippen LogP contribution < -0.4 is 19.8 Å². The maximum atomic E-state index is 13.6. The number of nitrogens with zero attached hydrogens (tertiary/aromatic N) is 3. The Morgan fingerprint density at radius 2 is 1.91 bits per heavy atom. The summed E-state index contributed by atoms with van der Waals surface area (Å²) in [6, 6.07) is 11.6. The lowest BCUT2D eigenvalue weighted by atomic mass is 9.98. The lowest BCUT2D eigenvalue weighted by Gasteiger charge is -2.23. The maximum Gasteiger partial charge on any atom is 0.297 e. The Hall–Kier alpha value is -3.72. The highest BCUT2D eigenvalue weighted by molar-refractivity contribution is 7.15. The number of para-hydroxylation sites is 1. The average molecular weight is 478 g/mol. The Labute approximate surface area is 199 Å². The smallest absolute Gasteiger partial charge is 0.297 e. The van der Waals surface area contributed by atoms with Crippen LogP contribution in [0.5, 0.6) is 11.5 Å². The van der Waals surface area contributed by atoms with Crippen molar-refractivity contribution >= 4 is 33.3 Å². The van der Waals surface area contributed by atoms with Gasteiger partial charge < -0.3 is 13.9 Å². The molecule has 1 amide bonds. The monoisotopic (exact) mass is 477 g/mol. The minimum Gasteiger partial charge on any atom is -0.493 e. The first-order chi connectivity index (χ1) is 16.6. The molecular formula is C25H23N3O5S. The zero-order valence-electron chi connectivity index (χ0n) is 19.0. The Morgan fingerprint density at radius 3 is 2.68 bits per heavy atom. The highest BCUT2D eigenvalue weighted by Crippen LogP contribution is 2.44. The Balaban J connectivity index is 1.74. The molecule has 0 saturated carbocycles. The van der Waals surface area contributed by atoms with Gasteiger partial charge in [0.25, 0.3) is 5.91 Å². The Bertz CT molecular complexity index is 1440. The van der Waals surface area contributed by atoms with Crippen molar-refractivity contribution < 1.29 is 18.7 Å². The summed E-state index contributed by atoms with van der Waals surface area (Å²) in [6.07, 6.45) is 1.67. The summed E-state index contributed by atoms with van der Waals surface area (Å²) in [4.78, 5) is 28.8. The Morgan fingerprint density at radius 1 is 1.09 bits per heavy atom. The molecule has 1 aliphatic rings. The summed E-state index contributed by atoms with van der Waals surface area (Å²) < 4.78 is 17.2. The summed E-state index contributed by atoms with van der Waals surface area (Å²) in [5, 5.41) is 10.2. The average Bonchev–Trinajstić information content (AvgIpc) is 3.42. The van der Waals surface area contributed by atoms with Crippen LogP contribution in [0.25, 0.3) is 11.0 Å². The second-order valence-corrected chi connectivity index (χ2v) is 8.86. The van der Waals surface area contributed by atoms with Crippen LogP contribution in [0.15, 0.2) is 51.7 Å². The zero-order chi connectivity index (χ0) is 23.8. The first-order valence-corrected chi connectivity index (χ1v) is 11.9. The third-order valence-corrected chi connectivity index (χ3v) is 6.69. The molecule has 9 heteroatoms. The second kappa shape index (κ2) is 8.90. The Kier molecular flexibility index (Phi) is 5.79. The van der Waals surface area contributed by atoms with Crippen LogP contribution in [0.4, 0.5) is 5.13 Å². The molecule has 2 aromatic carbocycles. The summed E-state index contributed by atoms with van der Waals surface area (Å²) in [7, 11) is 1.55. The van der Waals surface area contributed by atoms with Crippen molar-refractivity contribution in [3.05, 3.63) is 74.6 Å². The predicted octanol–water partition coefficient (Wildman–Crippen LogP) is 4.75. The molecule has 2 aromatic heterocycles. The highest BCUT2D eigenvalue weighted by Gasteiger charge is 2.45. The number of hydrogen-bond donors (Lipinski definition) is 0. The van der Waals surface area contributed by atoms with Gasteiger partial charge >= 0.3 is 0 Å². The van der Waals surface area contributed by atoms with Gasteiger partial charge in [0, 0.05) is 6.42 Å². The predicted molar refractivity (Wildman–Crippen MR) is 129 cm³/mol. The van der Waals surface area contributed by atoms with Crippen molar-refractivity contribution in [1.82, 2.24) is 10.2 Å². The number of amides is 1. The van der Waals surface area contributed by atoms with Gasteiger partial charge in [0.2, 0.25) is 10.9 Å². The zero-order valence-corrected chi connectivity index (χ0v) is 19.8. The fourth-order valence-electron chi connectivity index (χ4n) is 4.22. The topological polar surface area (TPSA) is 94.8 Å². The van der Waals surface area contributed by atoms with Gasteiger partial charge in [-0.3, -0.25) is 14.5 Å². The van der Waals surface area contributed by atoms with E-state index in [0.29, 0.717) is 39.8 Å². The SMILES string of the molecule is CCCc1nnc(N2C(=O)c3oc4ccccc4c(=O)c3C2c2ccc(OCC)c(OC)c2)s1. The number of carbonyl (C=O) groups is 1. The molecule has 0 N–H and O–H groups in total. The molecule has 0 fully saturated rings. The van der Waals surface area contributed by atoms with Crippen molar-refractivity contribution in [2.24, 2.45) is 0 Å². The highest BCUT2D eigenvalue weighted by atomic mass is 32.1. The van der Waals surface area contributed by atoms with Crippen LogP contribution in [0.2, 0.25) is 0 Å². The lowest BCUT2D eigenvalue weighted by molar-refractivity contribution is 0.0970. The van der Waals surface area contributed by atoms with Crippen LogP contribution in [-0.4, -0.2) is 29.8 Å². The van der Waals surface area contributed by atoms with Crippen LogP contribution in [0, 0.1) is 0 Å². The molecule has 0 radical (unpaired) electrons. The van der Waals surface area contributed by atoms with Crippen molar-refractivity contribution in [2.75, 3.05) is 18.6 Å². The summed E-state index contributed by atoms with van der Waals surface area (Å²) in [5.74, 6) is 0.689. The lowest BCUT2D eigenvalue weighted by Crippen LogP contribution is -2.29. The van der Waals surface area contributed by atoms with Gasteiger partial charge in [-0.05, 0) is 43.2 Å². The summed E-state index contributed by atoms with van der Waals surface area (Å²) >= 11 is 1.34. The van der Waals surface area contributed by atoms with E-state index in [4.69, 9.17) is 13.9 Å². The molecule has 174 valence electrons. The minimum absolute atomic E-state index is 0.0220.